The Morgan fingerprint density at radius 2 is 2.21 bits per heavy atom. The van der Waals surface area contributed by atoms with E-state index in [1.807, 2.05) is 43.6 Å². The highest BCUT2D eigenvalue weighted by molar-refractivity contribution is 7.16. The second-order valence-electron chi connectivity index (χ2n) is 8.67. The Labute approximate surface area is 205 Å². The van der Waals surface area contributed by atoms with Crippen LogP contribution in [0.2, 0.25) is 0 Å². The van der Waals surface area contributed by atoms with Crippen molar-refractivity contribution in [1.82, 2.24) is 14.9 Å². The highest BCUT2D eigenvalue weighted by atomic mass is 32.1. The van der Waals surface area contributed by atoms with Crippen molar-refractivity contribution in [2.75, 3.05) is 25.0 Å². The van der Waals surface area contributed by atoms with Gasteiger partial charge in [-0.3, -0.25) is 9.59 Å². The Balaban J connectivity index is 1.44. The van der Waals surface area contributed by atoms with E-state index in [2.05, 4.69) is 27.0 Å². The Kier molecular flexibility index (Phi) is 6.24. The maximum absolute atomic E-state index is 13.3. The number of nitrogens with one attached hydrogen (secondary N) is 1. The SMILES string of the molecule is C[C@@H](c1cccc(-c2nccs2)c1N1CC[C@H](O)C1)N(C)C(=O)Cc1ccc2sc(=O)[nH]c2c1. The zero-order valence-corrected chi connectivity index (χ0v) is 20.7. The number of nitrogens with zero attached hydrogens (tertiary/aromatic N) is 3. The number of para-hydroxylation sites is 1. The van der Waals surface area contributed by atoms with E-state index in [0.717, 1.165) is 50.6 Å². The number of fused-ring (bicyclic) bond motifs is 1. The number of likely N-dealkylation sites (N-methyl/N-ethyl adjacent to an activating group) is 1. The van der Waals surface area contributed by atoms with Gasteiger partial charge in [0.15, 0.2) is 0 Å². The van der Waals surface area contributed by atoms with E-state index >= 15 is 0 Å². The van der Waals surface area contributed by atoms with E-state index in [0.29, 0.717) is 6.54 Å². The molecule has 0 radical (unpaired) electrons. The Bertz CT molecular complexity index is 1380. The van der Waals surface area contributed by atoms with Crippen LogP contribution >= 0.6 is 22.7 Å². The summed E-state index contributed by atoms with van der Waals surface area (Å²) >= 11 is 2.75. The third kappa shape index (κ3) is 4.38. The van der Waals surface area contributed by atoms with Crippen LogP contribution in [0.5, 0.6) is 0 Å². The van der Waals surface area contributed by atoms with Crippen LogP contribution in [0.4, 0.5) is 5.69 Å². The summed E-state index contributed by atoms with van der Waals surface area (Å²) in [4.78, 5) is 36.1. The normalized spacial score (nSPS) is 16.8. The summed E-state index contributed by atoms with van der Waals surface area (Å²) in [5.41, 5.74) is 4.74. The molecule has 1 fully saturated rings. The number of anilines is 1. The van der Waals surface area contributed by atoms with E-state index in [-0.39, 0.29) is 29.3 Å². The largest absolute Gasteiger partial charge is 0.391 e. The summed E-state index contributed by atoms with van der Waals surface area (Å²) < 4.78 is 0.888. The maximum Gasteiger partial charge on any atom is 0.305 e. The molecule has 3 heterocycles. The minimum atomic E-state index is -0.356. The maximum atomic E-state index is 13.3. The highest BCUT2D eigenvalue weighted by Crippen LogP contribution is 2.40. The lowest BCUT2D eigenvalue weighted by Gasteiger charge is -2.31. The van der Waals surface area contributed by atoms with Gasteiger partial charge in [-0.2, -0.15) is 0 Å². The van der Waals surface area contributed by atoms with Crippen molar-refractivity contribution < 1.29 is 9.90 Å². The van der Waals surface area contributed by atoms with E-state index < -0.39 is 0 Å². The molecule has 1 saturated heterocycles. The monoisotopic (exact) mass is 494 g/mol. The van der Waals surface area contributed by atoms with Gasteiger partial charge in [0.2, 0.25) is 5.91 Å². The van der Waals surface area contributed by atoms with Gasteiger partial charge in [-0.25, -0.2) is 4.98 Å². The molecule has 1 aliphatic heterocycles. The van der Waals surface area contributed by atoms with Crippen molar-refractivity contribution in [2.45, 2.75) is 31.9 Å². The summed E-state index contributed by atoms with van der Waals surface area (Å²) in [6, 6.07) is 11.6. The van der Waals surface area contributed by atoms with Gasteiger partial charge in [-0.15, -0.1) is 11.3 Å². The van der Waals surface area contributed by atoms with Crippen LogP contribution in [0.3, 0.4) is 0 Å². The van der Waals surface area contributed by atoms with Crippen LogP contribution in [0, 0.1) is 0 Å². The number of hydrogen-bond donors (Lipinski definition) is 2. The molecule has 0 spiro atoms. The fourth-order valence-electron chi connectivity index (χ4n) is 4.56. The molecule has 2 N–H and O–H groups in total. The number of hydrogen-bond acceptors (Lipinski definition) is 7. The number of amides is 1. The van der Waals surface area contributed by atoms with Crippen LogP contribution in [-0.2, 0) is 11.2 Å². The average molecular weight is 495 g/mol. The standard InChI is InChI=1S/C25H26N4O3S2/c1-15(28(2)22(31)13-16-6-7-21-20(12-16)27-25(32)34-21)18-4-3-5-19(24-26-9-11-33-24)23(18)29-10-8-17(30)14-29/h3-7,9,11-12,15,17,30H,8,10,13-14H2,1-2H3,(H,27,32)/t15-,17-/m0/s1. The summed E-state index contributed by atoms with van der Waals surface area (Å²) in [5.74, 6) is -0.00325. The van der Waals surface area contributed by atoms with Gasteiger partial charge in [0.1, 0.15) is 5.01 Å². The van der Waals surface area contributed by atoms with Crippen LogP contribution in [-0.4, -0.2) is 52.1 Å². The number of thiazole rings is 2. The Morgan fingerprint density at radius 1 is 1.35 bits per heavy atom. The molecule has 1 aliphatic rings. The molecule has 1 amide bonds. The second kappa shape index (κ2) is 9.32. The zero-order valence-electron chi connectivity index (χ0n) is 19.0. The minimum absolute atomic E-state index is 0.00325. The molecular weight excluding hydrogens is 468 g/mol. The van der Waals surface area contributed by atoms with E-state index in [4.69, 9.17) is 0 Å². The summed E-state index contributed by atoms with van der Waals surface area (Å²) in [5, 5.41) is 13.1. The van der Waals surface area contributed by atoms with Crippen molar-refractivity contribution in [3.8, 4) is 10.6 Å². The number of aromatic nitrogens is 2. The molecule has 2 aromatic carbocycles. The number of aliphatic hydroxyl groups excluding tert-OH is 1. The topological polar surface area (TPSA) is 89.5 Å². The fourth-order valence-corrected chi connectivity index (χ4v) is 5.94. The summed E-state index contributed by atoms with van der Waals surface area (Å²) in [7, 11) is 1.83. The molecule has 2 aromatic heterocycles. The molecule has 2 atom stereocenters. The second-order valence-corrected chi connectivity index (χ2v) is 10.6. The quantitative estimate of drug-likeness (QED) is 0.422. The smallest absolute Gasteiger partial charge is 0.305 e. The molecular formula is C25H26N4O3S2. The third-order valence-electron chi connectivity index (χ3n) is 6.47. The zero-order chi connectivity index (χ0) is 23.8. The van der Waals surface area contributed by atoms with Gasteiger partial charge in [0, 0.05) is 37.3 Å². The number of aliphatic hydroxyl groups is 1. The lowest BCUT2D eigenvalue weighted by atomic mass is 9.99. The van der Waals surface area contributed by atoms with Gasteiger partial charge in [-0.1, -0.05) is 29.5 Å². The fraction of sp³-hybridized carbons (Fsp3) is 0.320. The lowest BCUT2D eigenvalue weighted by molar-refractivity contribution is -0.131. The number of carbonyl (C=O) groups excluding carboxylic acids is 1. The van der Waals surface area contributed by atoms with Gasteiger partial charge in [-0.05, 0) is 42.7 Å². The van der Waals surface area contributed by atoms with Gasteiger partial charge < -0.3 is 19.9 Å². The Hall–Kier alpha value is -3.01. The van der Waals surface area contributed by atoms with Gasteiger partial charge >= 0.3 is 4.87 Å². The number of rotatable bonds is 6. The van der Waals surface area contributed by atoms with Crippen LogP contribution < -0.4 is 9.77 Å². The van der Waals surface area contributed by atoms with Crippen molar-refractivity contribution >= 4 is 44.5 Å². The number of carbonyl (C=O) groups is 1. The molecule has 5 rings (SSSR count). The number of β-amino-alcohol motifs (C(OH)–C–C–N with tert-alkyl or cyclic N) is 1. The highest BCUT2D eigenvalue weighted by Gasteiger charge is 2.29. The number of aromatic amines is 1. The predicted molar refractivity (Wildman–Crippen MR) is 138 cm³/mol. The average Bonchev–Trinajstić information content (AvgIpc) is 3.58. The summed E-state index contributed by atoms with van der Waals surface area (Å²) in [6.45, 7) is 3.37. The molecule has 0 unspecified atom stereocenters. The van der Waals surface area contributed by atoms with Crippen LogP contribution in [0.1, 0.15) is 30.5 Å². The molecule has 7 nitrogen and oxygen atoms in total. The lowest BCUT2D eigenvalue weighted by Crippen LogP contribution is -2.32. The van der Waals surface area contributed by atoms with Crippen molar-refractivity contribution in [3.63, 3.8) is 0 Å². The minimum Gasteiger partial charge on any atom is -0.391 e. The van der Waals surface area contributed by atoms with Gasteiger partial charge in [0.05, 0.1) is 34.5 Å². The molecule has 9 heteroatoms. The first kappa shape index (κ1) is 22.8. The number of benzene rings is 2. The van der Waals surface area contributed by atoms with E-state index in [1.54, 1.807) is 22.4 Å². The summed E-state index contributed by atoms with van der Waals surface area (Å²) in [6.07, 6.45) is 2.41. The molecule has 4 aromatic rings. The third-order valence-corrected chi connectivity index (χ3v) is 8.14. The first-order valence-corrected chi connectivity index (χ1v) is 12.9. The Morgan fingerprint density at radius 3 is 2.94 bits per heavy atom. The molecule has 0 saturated carbocycles. The molecule has 0 bridgehead atoms. The van der Waals surface area contributed by atoms with E-state index in [9.17, 15) is 14.7 Å². The van der Waals surface area contributed by atoms with Crippen LogP contribution in [0.15, 0.2) is 52.8 Å². The number of H-pyrrole nitrogens is 1. The van der Waals surface area contributed by atoms with Gasteiger partial charge in [0.25, 0.3) is 0 Å². The predicted octanol–water partition coefficient (Wildman–Crippen LogP) is 4.05. The van der Waals surface area contributed by atoms with Crippen molar-refractivity contribution in [3.05, 3.63) is 68.8 Å². The molecule has 0 aliphatic carbocycles. The van der Waals surface area contributed by atoms with Crippen molar-refractivity contribution in [2.24, 2.45) is 0 Å². The van der Waals surface area contributed by atoms with E-state index in [1.165, 1.54) is 11.3 Å². The van der Waals surface area contributed by atoms with Crippen molar-refractivity contribution in [1.29, 1.82) is 0 Å². The first-order valence-electron chi connectivity index (χ1n) is 11.2. The van der Waals surface area contributed by atoms with Crippen LogP contribution in [0.25, 0.3) is 20.8 Å². The first-order chi connectivity index (χ1) is 16.4. The molecule has 176 valence electrons. The molecule has 34 heavy (non-hydrogen) atoms.